The summed E-state index contributed by atoms with van der Waals surface area (Å²) in [7, 11) is 1.25. The van der Waals surface area contributed by atoms with Gasteiger partial charge in [-0.25, -0.2) is 18.4 Å². The molecule has 196 valence electrons. The van der Waals surface area contributed by atoms with Crippen LogP contribution < -0.4 is 15.0 Å². The van der Waals surface area contributed by atoms with Crippen LogP contribution in [0, 0.1) is 11.6 Å². The minimum Gasteiger partial charge on any atom is -0.497 e. The topological polar surface area (TPSA) is 96.5 Å². The summed E-state index contributed by atoms with van der Waals surface area (Å²) in [5.74, 6) is -3.94. The van der Waals surface area contributed by atoms with Gasteiger partial charge in [0.25, 0.3) is 0 Å². The molecule has 4 rings (SSSR count). The van der Waals surface area contributed by atoms with Crippen molar-refractivity contribution in [3.8, 4) is 16.9 Å². The van der Waals surface area contributed by atoms with Crippen LogP contribution in [0.25, 0.3) is 11.1 Å². The molecule has 0 saturated heterocycles. The predicted molar refractivity (Wildman–Crippen MR) is 121 cm³/mol. The van der Waals surface area contributed by atoms with E-state index in [1.165, 1.54) is 30.3 Å². The van der Waals surface area contributed by atoms with Crippen LogP contribution in [-0.4, -0.2) is 48.6 Å². The van der Waals surface area contributed by atoms with Gasteiger partial charge in [-0.1, -0.05) is 11.6 Å². The molecule has 0 unspecified atom stereocenters. The van der Waals surface area contributed by atoms with Gasteiger partial charge in [0, 0.05) is 29.9 Å². The molecule has 1 aromatic heterocycles. The van der Waals surface area contributed by atoms with Crippen molar-refractivity contribution in [1.29, 1.82) is 0 Å². The number of nitrogens with zero attached hydrogens (tertiary/aromatic N) is 2. The number of aromatic nitrogens is 2. The van der Waals surface area contributed by atoms with Gasteiger partial charge in [-0.2, -0.15) is 18.3 Å². The molecule has 1 aliphatic heterocycles. The van der Waals surface area contributed by atoms with Crippen molar-refractivity contribution in [2.24, 2.45) is 0 Å². The molecule has 2 N–H and O–H groups in total. The highest BCUT2D eigenvalue weighted by atomic mass is 35.5. The SMILES string of the molecule is COc1cc(F)cc([C@@H](COC(=O)C(F)(F)F)NC(=O)N2CCc3cc(-c4c[nH]nc4Cl)c(F)cc32)c1. The van der Waals surface area contributed by atoms with Gasteiger partial charge in [0.1, 0.15) is 24.0 Å². The summed E-state index contributed by atoms with van der Waals surface area (Å²) in [5.41, 5.74) is 1.31. The molecule has 1 atom stereocenters. The number of methoxy groups -OCH3 is 1. The number of anilines is 1. The lowest BCUT2D eigenvalue weighted by molar-refractivity contribution is -0.200. The molecular formula is C23H18ClF5N4O4. The van der Waals surface area contributed by atoms with Crippen molar-refractivity contribution in [2.45, 2.75) is 18.6 Å². The van der Waals surface area contributed by atoms with E-state index < -0.39 is 42.5 Å². The zero-order valence-corrected chi connectivity index (χ0v) is 19.7. The molecule has 37 heavy (non-hydrogen) atoms. The number of benzene rings is 2. The largest absolute Gasteiger partial charge is 0.497 e. The summed E-state index contributed by atoms with van der Waals surface area (Å²) in [6.07, 6.45) is -3.51. The van der Waals surface area contributed by atoms with Crippen LogP contribution in [0.3, 0.4) is 0 Å². The zero-order chi connectivity index (χ0) is 26.9. The number of nitrogens with one attached hydrogen (secondary N) is 2. The van der Waals surface area contributed by atoms with Crippen LogP contribution >= 0.6 is 11.6 Å². The average molecular weight is 545 g/mol. The van der Waals surface area contributed by atoms with Gasteiger partial charge < -0.3 is 14.8 Å². The normalized spacial score (nSPS) is 13.8. The number of amides is 2. The lowest BCUT2D eigenvalue weighted by Crippen LogP contribution is -2.43. The standard InChI is InChI=1S/C23H18ClF5N4O4/c1-36-14-5-12(4-13(25)7-14)18(10-37-21(34)23(27,28)29)31-22(35)33-3-2-11-6-15(17(26)8-19(11)33)16-9-30-32-20(16)24/h4-9,18H,2-3,10H2,1H3,(H,30,32)(H,31,35)/t18-/m1/s1. The Morgan fingerprint density at radius 1 is 1.19 bits per heavy atom. The van der Waals surface area contributed by atoms with E-state index in [1.807, 2.05) is 0 Å². The number of carbonyl (C=O) groups excluding carboxylic acids is 2. The van der Waals surface area contributed by atoms with Gasteiger partial charge in [0.05, 0.1) is 18.8 Å². The maximum absolute atomic E-state index is 14.9. The smallest absolute Gasteiger partial charge is 0.490 e. The maximum Gasteiger partial charge on any atom is 0.490 e. The second kappa shape index (κ2) is 10.2. The number of hydrogen-bond acceptors (Lipinski definition) is 5. The van der Waals surface area contributed by atoms with Crippen molar-refractivity contribution in [3.63, 3.8) is 0 Å². The highest BCUT2D eigenvalue weighted by molar-refractivity contribution is 6.32. The Morgan fingerprint density at radius 2 is 1.95 bits per heavy atom. The first kappa shape index (κ1) is 26.2. The third-order valence-electron chi connectivity index (χ3n) is 5.63. The van der Waals surface area contributed by atoms with Crippen LogP contribution in [0.2, 0.25) is 5.15 Å². The molecule has 2 aromatic carbocycles. The molecular weight excluding hydrogens is 527 g/mol. The fourth-order valence-electron chi connectivity index (χ4n) is 3.88. The monoisotopic (exact) mass is 544 g/mol. The van der Waals surface area contributed by atoms with E-state index in [1.54, 1.807) is 0 Å². The number of fused-ring (bicyclic) bond motifs is 1. The second-order valence-electron chi connectivity index (χ2n) is 7.97. The maximum atomic E-state index is 14.9. The number of urea groups is 1. The van der Waals surface area contributed by atoms with E-state index in [4.69, 9.17) is 16.3 Å². The first-order valence-corrected chi connectivity index (χ1v) is 11.0. The molecule has 0 bridgehead atoms. The number of aromatic amines is 1. The van der Waals surface area contributed by atoms with Crippen LogP contribution in [0.4, 0.5) is 32.4 Å². The molecule has 3 aromatic rings. The van der Waals surface area contributed by atoms with Crippen molar-refractivity contribution in [2.75, 3.05) is 25.2 Å². The number of carbonyl (C=O) groups is 2. The zero-order valence-electron chi connectivity index (χ0n) is 19.0. The van der Waals surface area contributed by atoms with E-state index in [2.05, 4.69) is 20.3 Å². The van der Waals surface area contributed by atoms with Gasteiger partial charge in [0.15, 0.2) is 5.15 Å². The molecule has 2 amide bonds. The minimum atomic E-state index is -5.27. The van der Waals surface area contributed by atoms with Crippen LogP contribution in [0.1, 0.15) is 17.2 Å². The molecule has 0 fully saturated rings. The highest BCUT2D eigenvalue weighted by Gasteiger charge is 2.41. The highest BCUT2D eigenvalue weighted by Crippen LogP contribution is 2.36. The molecule has 14 heteroatoms. The Balaban J connectivity index is 1.60. The summed E-state index contributed by atoms with van der Waals surface area (Å²) in [6, 6.07) is 3.68. The van der Waals surface area contributed by atoms with Gasteiger partial charge >= 0.3 is 18.2 Å². The molecule has 1 aliphatic rings. The summed E-state index contributed by atoms with van der Waals surface area (Å²) in [5, 5.41) is 8.78. The van der Waals surface area contributed by atoms with Crippen LogP contribution in [-0.2, 0) is 16.0 Å². The first-order chi connectivity index (χ1) is 17.5. The van der Waals surface area contributed by atoms with Crippen molar-refractivity contribution < 1.29 is 41.0 Å². The Labute approximate surface area is 211 Å². The number of esters is 1. The third kappa shape index (κ3) is 5.61. The minimum absolute atomic E-state index is 0.0178. The van der Waals surface area contributed by atoms with Crippen molar-refractivity contribution in [3.05, 3.63) is 64.4 Å². The molecule has 0 aliphatic carbocycles. The fraction of sp³-hybridized carbons (Fsp3) is 0.261. The molecule has 0 radical (unpaired) electrons. The molecule has 8 nitrogen and oxygen atoms in total. The number of hydrogen-bond donors (Lipinski definition) is 2. The average Bonchev–Trinajstić information content (AvgIpc) is 3.45. The van der Waals surface area contributed by atoms with Gasteiger partial charge in [-0.05, 0) is 41.8 Å². The molecule has 0 spiro atoms. The number of ether oxygens (including phenoxy) is 2. The van der Waals surface area contributed by atoms with Gasteiger partial charge in [-0.3, -0.25) is 10.00 Å². The predicted octanol–water partition coefficient (Wildman–Crippen LogP) is 4.94. The van der Waals surface area contributed by atoms with Crippen molar-refractivity contribution >= 4 is 29.3 Å². The van der Waals surface area contributed by atoms with Crippen LogP contribution in [0.15, 0.2) is 36.5 Å². The second-order valence-corrected chi connectivity index (χ2v) is 8.33. The fourth-order valence-corrected chi connectivity index (χ4v) is 4.09. The van der Waals surface area contributed by atoms with Gasteiger partial charge in [0.2, 0.25) is 0 Å². The van der Waals surface area contributed by atoms with E-state index in [0.717, 1.165) is 18.2 Å². The third-order valence-corrected chi connectivity index (χ3v) is 5.92. The van der Waals surface area contributed by atoms with E-state index in [-0.39, 0.29) is 34.3 Å². The summed E-state index contributed by atoms with van der Waals surface area (Å²) in [4.78, 5) is 25.6. The quantitative estimate of drug-likeness (QED) is 0.339. The Bertz CT molecular complexity index is 1350. The number of alkyl halides is 3. The number of halogens is 6. The summed E-state index contributed by atoms with van der Waals surface area (Å²) in [6.45, 7) is -0.839. The number of H-pyrrole nitrogens is 1. The Morgan fingerprint density at radius 3 is 2.59 bits per heavy atom. The van der Waals surface area contributed by atoms with Gasteiger partial charge in [-0.15, -0.1) is 0 Å². The molecule has 0 saturated carbocycles. The first-order valence-electron chi connectivity index (χ1n) is 10.7. The van der Waals surface area contributed by atoms with E-state index >= 15 is 0 Å². The lowest BCUT2D eigenvalue weighted by atomic mass is 10.0. The summed E-state index contributed by atoms with van der Waals surface area (Å²) < 4.78 is 76.3. The summed E-state index contributed by atoms with van der Waals surface area (Å²) >= 11 is 5.98. The lowest BCUT2D eigenvalue weighted by Gasteiger charge is -2.25. The van der Waals surface area contributed by atoms with Crippen LogP contribution in [0.5, 0.6) is 5.75 Å². The Hall–Kier alpha value is -3.87. The number of rotatable bonds is 6. The van der Waals surface area contributed by atoms with Crippen molar-refractivity contribution in [1.82, 2.24) is 15.5 Å². The van der Waals surface area contributed by atoms with E-state index in [0.29, 0.717) is 17.5 Å². The Kier molecular flexibility index (Phi) is 7.25. The van der Waals surface area contributed by atoms with E-state index in [9.17, 15) is 31.5 Å². The molecule has 2 heterocycles.